The van der Waals surface area contributed by atoms with E-state index in [1.807, 2.05) is 0 Å². The Morgan fingerprint density at radius 1 is 1.15 bits per heavy atom. The van der Waals surface area contributed by atoms with Gasteiger partial charge < -0.3 is 14.8 Å². The Labute approximate surface area is 160 Å². The minimum Gasteiger partial charge on any atom is -0.493 e. The Hall–Kier alpha value is -2.32. The van der Waals surface area contributed by atoms with Gasteiger partial charge in [0, 0.05) is 56.1 Å². The quantitative estimate of drug-likeness (QED) is 0.357. The molecule has 0 unspecified atom stereocenters. The van der Waals surface area contributed by atoms with Crippen molar-refractivity contribution in [1.82, 2.24) is 9.74 Å². The molecule has 0 radical (unpaired) electrons. The molecule has 0 bridgehead atoms. The number of nitrogens with zero attached hydrogens (tertiary/aromatic N) is 1. The third-order valence-corrected chi connectivity index (χ3v) is 3.83. The van der Waals surface area contributed by atoms with Gasteiger partial charge in [-0.15, -0.1) is 0 Å². The first-order chi connectivity index (χ1) is 12.1. The average Bonchev–Trinajstić information content (AvgIpc) is 2.85. The molecule has 2 rings (SSSR count). The van der Waals surface area contributed by atoms with Gasteiger partial charge in [-0.2, -0.15) is 4.42 Å². The first-order valence-electron chi connectivity index (χ1n) is 7.46. The van der Waals surface area contributed by atoms with Crippen LogP contribution in [0.5, 0.6) is 11.5 Å². The number of hydrogen-bond donors (Lipinski definition) is 1. The van der Waals surface area contributed by atoms with Crippen LogP contribution in [0.25, 0.3) is 0 Å². The lowest BCUT2D eigenvalue weighted by atomic mass is 10.2. The predicted octanol–water partition coefficient (Wildman–Crippen LogP) is 2.20. The van der Waals surface area contributed by atoms with Crippen molar-refractivity contribution in [2.75, 3.05) is 7.11 Å². The zero-order valence-corrected chi connectivity index (χ0v) is 15.9. The van der Waals surface area contributed by atoms with Gasteiger partial charge >= 0.3 is 5.97 Å². The second kappa shape index (κ2) is 9.98. The third-order valence-electron chi connectivity index (χ3n) is 3.10. The van der Waals surface area contributed by atoms with Crippen LogP contribution in [0.15, 0.2) is 12.1 Å². The summed E-state index contributed by atoms with van der Waals surface area (Å²) in [5.41, 5.74) is 0.680. The molecule has 1 saturated heterocycles. The van der Waals surface area contributed by atoms with Crippen molar-refractivity contribution in [3.63, 3.8) is 0 Å². The van der Waals surface area contributed by atoms with Gasteiger partial charge in [0.2, 0.25) is 17.7 Å². The number of halogens is 2. The molecule has 1 N–H and O–H groups in total. The molecule has 1 fully saturated rings. The molecular weight excluding hydrogens is 387 g/mol. The molecule has 1 aromatic carbocycles. The topological polar surface area (TPSA) is 102 Å². The number of esters is 1. The van der Waals surface area contributed by atoms with Crippen LogP contribution in [0.2, 0.25) is 5.02 Å². The number of carbonyl (C=O) groups excluding carboxylic acids is 4. The van der Waals surface area contributed by atoms with Gasteiger partial charge in [-0.05, 0) is 11.6 Å². The molecule has 1 aromatic rings. The zero-order chi connectivity index (χ0) is 19.9. The van der Waals surface area contributed by atoms with Crippen LogP contribution in [-0.4, -0.2) is 35.2 Å². The summed E-state index contributed by atoms with van der Waals surface area (Å²) in [6.07, 6.45) is 0.532. The van der Waals surface area contributed by atoms with E-state index >= 15 is 0 Å². The molecule has 0 aliphatic carbocycles. The minimum absolute atomic E-state index is 0.158. The molecule has 0 atom stereocenters. The molecule has 10 heteroatoms. The monoisotopic (exact) mass is 404 g/mol. The number of hydrogen-bond acceptors (Lipinski definition) is 6. The van der Waals surface area contributed by atoms with E-state index in [0.717, 1.165) is 0 Å². The summed E-state index contributed by atoms with van der Waals surface area (Å²) in [4.78, 5) is 42.5. The molecule has 8 nitrogen and oxygen atoms in total. The number of benzene rings is 1. The molecule has 3 amide bonds. The van der Waals surface area contributed by atoms with Crippen molar-refractivity contribution in [3.05, 3.63) is 22.7 Å². The number of nitrogens with one attached hydrogen (secondary N) is 1. The van der Waals surface area contributed by atoms with E-state index in [1.54, 1.807) is 6.07 Å². The maximum Gasteiger partial charge on any atom is 0.308 e. The van der Waals surface area contributed by atoms with Gasteiger partial charge in [0.05, 0.1) is 7.11 Å². The van der Waals surface area contributed by atoms with Crippen LogP contribution in [0, 0.1) is 0 Å². The van der Waals surface area contributed by atoms with Crippen molar-refractivity contribution in [2.24, 2.45) is 0 Å². The fourth-order valence-electron chi connectivity index (χ4n) is 1.88. The smallest absolute Gasteiger partial charge is 0.308 e. The van der Waals surface area contributed by atoms with Gasteiger partial charge in [-0.25, -0.2) is 0 Å². The Kier molecular flexibility index (Phi) is 8.34. The summed E-state index contributed by atoms with van der Waals surface area (Å²) in [7, 11) is 1.46. The summed E-state index contributed by atoms with van der Waals surface area (Å²) in [5, 5.41) is 3.02. The Morgan fingerprint density at radius 2 is 1.73 bits per heavy atom. The highest BCUT2D eigenvalue weighted by atomic mass is 35.5. The van der Waals surface area contributed by atoms with E-state index < -0.39 is 5.97 Å². The highest BCUT2D eigenvalue weighted by molar-refractivity contribution is 6.32. The van der Waals surface area contributed by atoms with Crippen LogP contribution in [0.1, 0.15) is 32.3 Å². The lowest BCUT2D eigenvalue weighted by Gasteiger charge is -2.12. The SMILES string of the molecule is COc1cc(CNC(C)=O)c(Cl)cc1OC(C)=O.O=C1CCC(=O)N1Cl. The van der Waals surface area contributed by atoms with Gasteiger partial charge in [0.25, 0.3) is 0 Å². The molecule has 0 spiro atoms. The van der Waals surface area contributed by atoms with Crippen LogP contribution in [0.4, 0.5) is 0 Å². The highest BCUT2D eigenvalue weighted by Gasteiger charge is 2.26. The molecule has 142 valence electrons. The van der Waals surface area contributed by atoms with Crippen molar-refractivity contribution < 1.29 is 28.7 Å². The van der Waals surface area contributed by atoms with E-state index in [4.69, 9.17) is 32.9 Å². The van der Waals surface area contributed by atoms with E-state index in [0.29, 0.717) is 20.8 Å². The van der Waals surface area contributed by atoms with Gasteiger partial charge in [0.1, 0.15) is 0 Å². The van der Waals surface area contributed by atoms with Crippen molar-refractivity contribution in [2.45, 2.75) is 33.2 Å². The largest absolute Gasteiger partial charge is 0.493 e. The van der Waals surface area contributed by atoms with Crippen LogP contribution >= 0.6 is 23.4 Å². The Balaban J connectivity index is 0.000000350. The number of carbonyl (C=O) groups is 4. The van der Waals surface area contributed by atoms with E-state index in [2.05, 4.69) is 5.32 Å². The first kappa shape index (κ1) is 21.7. The summed E-state index contributed by atoms with van der Waals surface area (Å²) in [5.74, 6) is -0.571. The van der Waals surface area contributed by atoms with E-state index in [1.165, 1.54) is 27.0 Å². The van der Waals surface area contributed by atoms with Crippen molar-refractivity contribution >= 4 is 47.1 Å². The molecular formula is C16H18Cl2N2O6. The van der Waals surface area contributed by atoms with Gasteiger partial charge in [-0.1, -0.05) is 11.6 Å². The second-order valence-electron chi connectivity index (χ2n) is 5.17. The van der Waals surface area contributed by atoms with Crippen LogP contribution in [-0.2, 0) is 25.7 Å². The van der Waals surface area contributed by atoms with Crippen LogP contribution < -0.4 is 14.8 Å². The van der Waals surface area contributed by atoms with Crippen molar-refractivity contribution in [3.8, 4) is 11.5 Å². The van der Waals surface area contributed by atoms with E-state index in [-0.39, 0.29) is 42.9 Å². The standard InChI is InChI=1S/C12H14ClNO4.C4H4ClNO2/c1-7(15)14-6-9-4-11(17-3)12(5-10(9)13)18-8(2)16;5-6-3(7)1-2-4(6)8/h4-5H,6H2,1-3H3,(H,14,15);1-2H2. The Morgan fingerprint density at radius 3 is 2.12 bits per heavy atom. The second-order valence-corrected chi connectivity index (χ2v) is 5.91. The molecule has 1 aliphatic rings. The molecule has 0 saturated carbocycles. The van der Waals surface area contributed by atoms with E-state index in [9.17, 15) is 19.2 Å². The number of imide groups is 1. The van der Waals surface area contributed by atoms with Gasteiger partial charge in [0.15, 0.2) is 11.5 Å². The number of methoxy groups -OCH3 is 1. The third kappa shape index (κ3) is 6.53. The first-order valence-corrected chi connectivity index (χ1v) is 8.18. The highest BCUT2D eigenvalue weighted by Crippen LogP contribution is 2.33. The number of ether oxygens (including phenoxy) is 2. The summed E-state index contributed by atoms with van der Waals surface area (Å²) in [6.45, 7) is 2.99. The molecule has 1 heterocycles. The van der Waals surface area contributed by atoms with Crippen LogP contribution in [0.3, 0.4) is 0 Å². The summed E-state index contributed by atoms with van der Waals surface area (Å²) >= 11 is 11.2. The summed E-state index contributed by atoms with van der Waals surface area (Å²) < 4.78 is 10.7. The fourth-order valence-corrected chi connectivity index (χ4v) is 2.27. The predicted molar refractivity (Wildman–Crippen MR) is 93.8 cm³/mol. The lowest BCUT2D eigenvalue weighted by molar-refractivity contribution is -0.133. The average molecular weight is 405 g/mol. The molecule has 1 aliphatic heterocycles. The summed E-state index contributed by atoms with van der Waals surface area (Å²) in [6, 6.07) is 3.11. The lowest BCUT2D eigenvalue weighted by Crippen LogP contribution is -2.19. The van der Waals surface area contributed by atoms with Crippen molar-refractivity contribution in [1.29, 1.82) is 0 Å². The minimum atomic E-state index is -0.459. The number of rotatable bonds is 4. The van der Waals surface area contributed by atoms with Gasteiger partial charge in [-0.3, -0.25) is 19.2 Å². The normalized spacial score (nSPS) is 13.0. The zero-order valence-electron chi connectivity index (χ0n) is 14.4. The molecule has 0 aromatic heterocycles. The maximum absolute atomic E-state index is 10.9. The molecule has 26 heavy (non-hydrogen) atoms. The number of amides is 3. The maximum atomic E-state index is 10.9. The Bertz CT molecular complexity index is 707. The fraction of sp³-hybridized carbons (Fsp3) is 0.375.